The van der Waals surface area contributed by atoms with E-state index in [0.29, 0.717) is 6.42 Å². The van der Waals surface area contributed by atoms with Crippen molar-refractivity contribution in [2.75, 3.05) is 0 Å². The van der Waals surface area contributed by atoms with Crippen molar-refractivity contribution in [2.24, 2.45) is 0 Å². The second-order valence-corrected chi connectivity index (χ2v) is 4.67. The lowest BCUT2D eigenvalue weighted by molar-refractivity contribution is -0.133. The van der Waals surface area contributed by atoms with Crippen LogP contribution < -0.4 is 0 Å². The predicted molar refractivity (Wildman–Crippen MR) is 69.8 cm³/mol. The van der Waals surface area contributed by atoms with Crippen molar-refractivity contribution in [1.29, 1.82) is 0 Å². The zero-order chi connectivity index (χ0) is 12.5. The average molecular weight is 234 g/mol. The van der Waals surface area contributed by atoms with Gasteiger partial charge in [-0.05, 0) is 18.9 Å². The first-order valence-corrected chi connectivity index (χ1v) is 6.67. The molecule has 0 spiro atoms. The molecule has 1 rings (SSSR count). The van der Waals surface area contributed by atoms with Crippen molar-refractivity contribution in [3.8, 4) is 0 Å². The fraction of sp³-hybridized carbons (Fsp3) is 0.600. The third kappa shape index (κ3) is 5.62. The van der Waals surface area contributed by atoms with Gasteiger partial charge in [-0.3, -0.25) is 9.59 Å². The van der Waals surface area contributed by atoms with Crippen molar-refractivity contribution in [2.45, 2.75) is 58.3 Å². The molecule has 0 aromatic rings. The lowest BCUT2D eigenvalue weighted by Crippen LogP contribution is -2.10. The highest BCUT2D eigenvalue weighted by molar-refractivity contribution is 6.42. The van der Waals surface area contributed by atoms with Gasteiger partial charge in [0.05, 0.1) is 0 Å². The van der Waals surface area contributed by atoms with E-state index in [0.717, 1.165) is 18.4 Å². The zero-order valence-corrected chi connectivity index (χ0v) is 10.7. The summed E-state index contributed by atoms with van der Waals surface area (Å²) in [5, 5.41) is 0. The molecule has 0 N–H and O–H groups in total. The molecule has 0 saturated carbocycles. The molecule has 0 aromatic carbocycles. The van der Waals surface area contributed by atoms with Crippen LogP contribution in [-0.2, 0) is 9.59 Å². The Morgan fingerprint density at radius 1 is 1.06 bits per heavy atom. The van der Waals surface area contributed by atoms with E-state index >= 15 is 0 Å². The Labute approximate surface area is 104 Å². The third-order valence-corrected chi connectivity index (χ3v) is 3.09. The molecule has 0 heterocycles. The number of hydrogen-bond donors (Lipinski definition) is 0. The summed E-state index contributed by atoms with van der Waals surface area (Å²) in [6.45, 7) is 2.21. The molecule has 2 nitrogen and oxygen atoms in total. The summed E-state index contributed by atoms with van der Waals surface area (Å²) >= 11 is 0. The van der Waals surface area contributed by atoms with Gasteiger partial charge in [-0.2, -0.15) is 0 Å². The van der Waals surface area contributed by atoms with Gasteiger partial charge in [-0.1, -0.05) is 56.8 Å². The summed E-state index contributed by atoms with van der Waals surface area (Å²) in [6.07, 6.45) is 13.8. The minimum Gasteiger partial charge on any atom is -0.290 e. The van der Waals surface area contributed by atoms with E-state index in [2.05, 4.69) is 6.92 Å². The number of carbonyl (C=O) groups is 2. The van der Waals surface area contributed by atoms with Gasteiger partial charge in [0, 0.05) is 6.42 Å². The van der Waals surface area contributed by atoms with Crippen LogP contribution in [0, 0.1) is 0 Å². The Hall–Kier alpha value is -1.18. The molecule has 1 aliphatic carbocycles. The van der Waals surface area contributed by atoms with Crippen molar-refractivity contribution in [1.82, 2.24) is 0 Å². The van der Waals surface area contributed by atoms with Crippen LogP contribution in [0.4, 0.5) is 0 Å². The summed E-state index contributed by atoms with van der Waals surface area (Å²) in [5.74, 6) is -0.629. The van der Waals surface area contributed by atoms with E-state index < -0.39 is 0 Å². The van der Waals surface area contributed by atoms with Gasteiger partial charge in [0.25, 0.3) is 0 Å². The molecule has 0 aromatic heterocycles. The molecule has 0 aliphatic heterocycles. The van der Waals surface area contributed by atoms with Crippen molar-refractivity contribution >= 4 is 11.6 Å². The number of ketones is 2. The quantitative estimate of drug-likeness (QED) is 0.496. The smallest absolute Gasteiger partial charge is 0.221 e. The molecule has 0 unspecified atom stereocenters. The molecule has 0 saturated heterocycles. The van der Waals surface area contributed by atoms with Crippen LogP contribution in [0.3, 0.4) is 0 Å². The van der Waals surface area contributed by atoms with Gasteiger partial charge in [-0.25, -0.2) is 0 Å². The fourth-order valence-electron chi connectivity index (χ4n) is 2.02. The largest absolute Gasteiger partial charge is 0.290 e. The minimum atomic E-state index is -0.362. The molecule has 0 amide bonds. The Balaban J connectivity index is 2.19. The molecule has 1 aliphatic rings. The molecule has 0 bridgehead atoms. The summed E-state index contributed by atoms with van der Waals surface area (Å²) in [6, 6.07) is 0. The van der Waals surface area contributed by atoms with Crippen LogP contribution in [0.1, 0.15) is 58.3 Å². The summed E-state index contributed by atoms with van der Waals surface area (Å²) in [5.41, 5.74) is 1.10. The summed E-state index contributed by atoms with van der Waals surface area (Å²) in [7, 11) is 0. The maximum absolute atomic E-state index is 11.4. The highest BCUT2D eigenvalue weighted by Crippen LogP contribution is 2.17. The molecular formula is C15H22O2. The van der Waals surface area contributed by atoms with Crippen LogP contribution in [0.2, 0.25) is 0 Å². The van der Waals surface area contributed by atoms with Crippen molar-refractivity contribution < 1.29 is 9.59 Å². The minimum absolute atomic E-state index is 0.268. The predicted octanol–water partition coefficient (Wildman–Crippen LogP) is 3.76. The van der Waals surface area contributed by atoms with E-state index in [-0.39, 0.29) is 11.6 Å². The van der Waals surface area contributed by atoms with E-state index in [4.69, 9.17) is 0 Å². The maximum Gasteiger partial charge on any atom is 0.221 e. The van der Waals surface area contributed by atoms with Crippen LogP contribution in [0.25, 0.3) is 0 Å². The van der Waals surface area contributed by atoms with Gasteiger partial charge in [0.2, 0.25) is 11.6 Å². The Morgan fingerprint density at radius 2 is 1.76 bits per heavy atom. The highest BCUT2D eigenvalue weighted by atomic mass is 16.2. The van der Waals surface area contributed by atoms with E-state index in [1.165, 1.54) is 38.2 Å². The molecular weight excluding hydrogens is 212 g/mol. The van der Waals surface area contributed by atoms with Gasteiger partial charge < -0.3 is 0 Å². The number of allylic oxidation sites excluding steroid dienone is 4. The number of hydrogen-bond acceptors (Lipinski definition) is 2. The molecule has 2 heteroatoms. The number of rotatable bonds is 7. The van der Waals surface area contributed by atoms with Gasteiger partial charge in [0.15, 0.2) is 0 Å². The van der Waals surface area contributed by atoms with Gasteiger partial charge in [-0.15, -0.1) is 0 Å². The highest BCUT2D eigenvalue weighted by Gasteiger charge is 2.14. The van der Waals surface area contributed by atoms with Crippen LogP contribution in [0.15, 0.2) is 23.8 Å². The lowest BCUT2D eigenvalue weighted by atomic mass is 10.0. The maximum atomic E-state index is 11.4. The summed E-state index contributed by atoms with van der Waals surface area (Å²) < 4.78 is 0. The first kappa shape index (κ1) is 13.9. The van der Waals surface area contributed by atoms with Crippen LogP contribution in [0.5, 0.6) is 0 Å². The van der Waals surface area contributed by atoms with E-state index in [9.17, 15) is 9.59 Å². The third-order valence-electron chi connectivity index (χ3n) is 3.09. The fourth-order valence-corrected chi connectivity index (χ4v) is 2.02. The van der Waals surface area contributed by atoms with Crippen molar-refractivity contribution in [3.63, 3.8) is 0 Å². The number of unbranched alkanes of at least 4 members (excludes halogenated alkanes) is 5. The van der Waals surface area contributed by atoms with Gasteiger partial charge in [0.1, 0.15) is 0 Å². The Morgan fingerprint density at radius 3 is 2.53 bits per heavy atom. The number of Topliss-reactive ketones (excluding diaryl/α,β-unsaturated/α-hetero) is 1. The average Bonchev–Trinajstić information content (AvgIpc) is 2.47. The second kappa shape index (κ2) is 7.99. The second-order valence-electron chi connectivity index (χ2n) is 4.67. The zero-order valence-electron chi connectivity index (χ0n) is 10.7. The van der Waals surface area contributed by atoms with Gasteiger partial charge >= 0.3 is 0 Å². The van der Waals surface area contributed by atoms with Crippen molar-refractivity contribution in [3.05, 3.63) is 23.8 Å². The Kier molecular flexibility index (Phi) is 6.53. The van der Waals surface area contributed by atoms with Crippen LogP contribution >= 0.6 is 0 Å². The Bertz CT molecular complexity index is 324. The SMILES string of the molecule is CCCCCCCCC1=CC=CC(=O)C(=O)C1. The first-order chi connectivity index (χ1) is 8.24. The standard InChI is InChI=1S/C15H22O2/c1-2-3-4-5-6-7-9-13-10-8-11-14(16)15(17)12-13/h8,10-11H,2-7,9,12H2,1H3. The normalized spacial score (nSPS) is 15.9. The number of carbonyl (C=O) groups excluding carboxylic acids is 2. The lowest BCUT2D eigenvalue weighted by Gasteiger charge is -2.04. The van der Waals surface area contributed by atoms with Crippen LogP contribution in [-0.4, -0.2) is 11.6 Å². The van der Waals surface area contributed by atoms with E-state index in [1.807, 2.05) is 6.08 Å². The summed E-state index contributed by atoms with van der Waals surface area (Å²) in [4.78, 5) is 22.5. The molecule has 0 radical (unpaired) electrons. The monoisotopic (exact) mass is 234 g/mol. The molecule has 0 fully saturated rings. The molecule has 17 heavy (non-hydrogen) atoms. The van der Waals surface area contributed by atoms with E-state index in [1.54, 1.807) is 6.08 Å². The molecule has 94 valence electrons. The molecule has 0 atom stereocenters. The topological polar surface area (TPSA) is 34.1 Å². The first-order valence-electron chi connectivity index (χ1n) is 6.67.